The van der Waals surface area contributed by atoms with Gasteiger partial charge in [0.2, 0.25) is 0 Å². The van der Waals surface area contributed by atoms with Gasteiger partial charge in [0.05, 0.1) is 0 Å². The van der Waals surface area contributed by atoms with Crippen molar-refractivity contribution < 1.29 is 0 Å². The lowest BCUT2D eigenvalue weighted by Crippen LogP contribution is -2.44. The van der Waals surface area contributed by atoms with E-state index < -0.39 is 0 Å². The molecule has 0 atom stereocenters. The highest BCUT2D eigenvalue weighted by atomic mass is 79.9. The van der Waals surface area contributed by atoms with E-state index in [-0.39, 0.29) is 0 Å². The molecule has 0 radical (unpaired) electrons. The van der Waals surface area contributed by atoms with E-state index in [2.05, 4.69) is 57.0 Å². The molecule has 3 nitrogen and oxygen atoms in total. The van der Waals surface area contributed by atoms with Crippen LogP contribution in [0.25, 0.3) is 0 Å². The molecular weight excluding hydrogens is 302 g/mol. The van der Waals surface area contributed by atoms with Gasteiger partial charge in [-0.25, -0.2) is 0 Å². The Bertz CT molecular complexity index is 389. The van der Waals surface area contributed by atoms with Crippen LogP contribution in [0.2, 0.25) is 0 Å². The van der Waals surface area contributed by atoms with Gasteiger partial charge in [0.1, 0.15) is 0 Å². The Morgan fingerprint density at radius 3 is 2.63 bits per heavy atom. The van der Waals surface area contributed by atoms with E-state index in [1.54, 1.807) is 0 Å². The average Bonchev–Trinajstić information content (AvgIpc) is 2.42. The van der Waals surface area contributed by atoms with E-state index in [4.69, 9.17) is 5.73 Å². The molecule has 1 aromatic rings. The van der Waals surface area contributed by atoms with E-state index in [0.29, 0.717) is 6.04 Å². The van der Waals surface area contributed by atoms with Gasteiger partial charge in [-0.05, 0) is 44.6 Å². The average molecular weight is 326 g/mol. The quantitative estimate of drug-likeness (QED) is 0.901. The van der Waals surface area contributed by atoms with Gasteiger partial charge in [-0.1, -0.05) is 34.1 Å². The van der Waals surface area contributed by atoms with Gasteiger partial charge in [0.15, 0.2) is 0 Å². The predicted molar refractivity (Wildman–Crippen MR) is 84.1 cm³/mol. The monoisotopic (exact) mass is 325 g/mol. The normalized spacial score (nSPS) is 18.1. The molecule has 0 aliphatic carbocycles. The molecule has 1 aliphatic heterocycles. The Morgan fingerprint density at radius 1 is 1.32 bits per heavy atom. The highest BCUT2D eigenvalue weighted by molar-refractivity contribution is 9.10. The number of piperidine rings is 1. The highest BCUT2D eigenvalue weighted by Gasteiger charge is 2.22. The first kappa shape index (κ1) is 15.0. The molecule has 0 saturated carbocycles. The predicted octanol–water partition coefficient (Wildman–Crippen LogP) is 2.30. The van der Waals surface area contributed by atoms with Crippen LogP contribution in [0.4, 0.5) is 0 Å². The zero-order valence-corrected chi connectivity index (χ0v) is 13.3. The lowest BCUT2D eigenvalue weighted by atomic mass is 10.0. The summed E-state index contributed by atoms with van der Waals surface area (Å²) in [5, 5.41) is 0. The van der Waals surface area contributed by atoms with Crippen molar-refractivity contribution in [2.45, 2.75) is 25.4 Å². The Hall–Kier alpha value is -0.420. The topological polar surface area (TPSA) is 32.5 Å². The van der Waals surface area contributed by atoms with Crippen LogP contribution in [0.1, 0.15) is 18.4 Å². The molecule has 2 N–H and O–H groups in total. The van der Waals surface area contributed by atoms with Crippen LogP contribution in [0, 0.1) is 0 Å². The molecule has 0 unspecified atom stereocenters. The van der Waals surface area contributed by atoms with Crippen LogP contribution in [0.5, 0.6) is 0 Å². The molecule has 19 heavy (non-hydrogen) atoms. The molecule has 1 heterocycles. The number of nitrogens with zero attached hydrogens (tertiary/aromatic N) is 2. The smallest absolute Gasteiger partial charge is 0.0244 e. The Balaban J connectivity index is 1.85. The third-order valence-corrected chi connectivity index (χ3v) is 4.78. The zero-order chi connectivity index (χ0) is 13.7. The fraction of sp³-hybridized carbons (Fsp3) is 0.600. The van der Waals surface area contributed by atoms with Gasteiger partial charge in [-0.2, -0.15) is 0 Å². The van der Waals surface area contributed by atoms with Crippen molar-refractivity contribution in [3.8, 4) is 0 Å². The summed E-state index contributed by atoms with van der Waals surface area (Å²) in [5.41, 5.74) is 6.99. The number of benzene rings is 1. The van der Waals surface area contributed by atoms with Gasteiger partial charge >= 0.3 is 0 Å². The maximum absolute atomic E-state index is 5.62. The maximum atomic E-state index is 5.62. The van der Waals surface area contributed by atoms with Gasteiger partial charge in [0.25, 0.3) is 0 Å². The number of nitrogens with two attached hydrogens (primary N) is 1. The van der Waals surface area contributed by atoms with E-state index in [1.807, 2.05) is 0 Å². The third-order valence-electron chi connectivity index (χ3n) is 4.00. The minimum absolute atomic E-state index is 0.695. The van der Waals surface area contributed by atoms with E-state index in [9.17, 15) is 0 Å². The lowest BCUT2D eigenvalue weighted by molar-refractivity contribution is 0.125. The largest absolute Gasteiger partial charge is 0.329 e. The second kappa shape index (κ2) is 7.39. The number of hydrogen-bond acceptors (Lipinski definition) is 3. The second-order valence-electron chi connectivity index (χ2n) is 5.37. The lowest BCUT2D eigenvalue weighted by Gasteiger charge is -2.36. The van der Waals surface area contributed by atoms with E-state index in [0.717, 1.165) is 19.6 Å². The summed E-state index contributed by atoms with van der Waals surface area (Å²) in [6, 6.07) is 9.19. The molecule has 1 aliphatic rings. The second-order valence-corrected chi connectivity index (χ2v) is 6.22. The number of likely N-dealkylation sites (tertiary alicyclic amines) is 1. The summed E-state index contributed by atoms with van der Waals surface area (Å²) in [4.78, 5) is 4.96. The van der Waals surface area contributed by atoms with Crippen LogP contribution in [-0.4, -0.2) is 49.1 Å². The Labute approximate surface area is 124 Å². The molecule has 0 aromatic heterocycles. The summed E-state index contributed by atoms with van der Waals surface area (Å²) in [7, 11) is 2.24. The van der Waals surface area contributed by atoms with Gasteiger partial charge in [-0.15, -0.1) is 0 Å². The first-order valence-corrected chi connectivity index (χ1v) is 7.86. The molecule has 0 amide bonds. The summed E-state index contributed by atoms with van der Waals surface area (Å²) in [6.45, 7) is 5.20. The Morgan fingerprint density at radius 2 is 2.00 bits per heavy atom. The standard InChI is InChI=1S/C15H24BrN3/c1-18(12-13-4-2-3-5-15(13)16)14-6-9-19(10-7-14)11-8-17/h2-5,14H,6-12,17H2,1H3. The van der Waals surface area contributed by atoms with Gasteiger partial charge in [0, 0.05) is 30.1 Å². The maximum Gasteiger partial charge on any atom is 0.0244 e. The zero-order valence-electron chi connectivity index (χ0n) is 11.7. The van der Waals surface area contributed by atoms with Crippen LogP contribution >= 0.6 is 15.9 Å². The summed E-state index contributed by atoms with van der Waals surface area (Å²) in [5.74, 6) is 0. The van der Waals surface area contributed by atoms with Gasteiger partial charge < -0.3 is 10.6 Å². The highest BCUT2D eigenvalue weighted by Crippen LogP contribution is 2.21. The molecule has 0 bridgehead atoms. The molecular formula is C15H24BrN3. The van der Waals surface area contributed by atoms with Crippen LogP contribution in [0.15, 0.2) is 28.7 Å². The van der Waals surface area contributed by atoms with E-state index in [1.165, 1.54) is 36.0 Å². The molecule has 1 fully saturated rings. The van der Waals surface area contributed by atoms with Crippen LogP contribution in [0.3, 0.4) is 0 Å². The SMILES string of the molecule is CN(Cc1ccccc1Br)C1CCN(CCN)CC1. The minimum atomic E-state index is 0.695. The first-order chi connectivity index (χ1) is 9.20. The summed E-state index contributed by atoms with van der Waals surface area (Å²) in [6.07, 6.45) is 2.50. The summed E-state index contributed by atoms with van der Waals surface area (Å²) < 4.78 is 1.21. The molecule has 0 spiro atoms. The number of halogens is 1. The number of rotatable bonds is 5. The van der Waals surface area contributed by atoms with Gasteiger partial charge in [-0.3, -0.25) is 4.90 Å². The number of hydrogen-bond donors (Lipinski definition) is 1. The molecule has 1 saturated heterocycles. The van der Waals surface area contributed by atoms with Crippen molar-refractivity contribution in [2.75, 3.05) is 33.2 Å². The fourth-order valence-corrected chi connectivity index (χ4v) is 3.20. The molecule has 2 rings (SSSR count). The fourth-order valence-electron chi connectivity index (χ4n) is 2.79. The van der Waals surface area contributed by atoms with Crippen molar-refractivity contribution in [1.82, 2.24) is 9.80 Å². The summed E-state index contributed by atoms with van der Waals surface area (Å²) >= 11 is 3.63. The van der Waals surface area contributed by atoms with Crippen molar-refractivity contribution in [1.29, 1.82) is 0 Å². The first-order valence-electron chi connectivity index (χ1n) is 7.06. The molecule has 4 heteroatoms. The molecule has 106 valence electrons. The minimum Gasteiger partial charge on any atom is -0.329 e. The Kier molecular flexibility index (Phi) is 5.82. The van der Waals surface area contributed by atoms with Crippen molar-refractivity contribution >= 4 is 15.9 Å². The van der Waals surface area contributed by atoms with Crippen molar-refractivity contribution in [3.63, 3.8) is 0 Å². The van der Waals surface area contributed by atoms with Crippen LogP contribution < -0.4 is 5.73 Å². The van der Waals surface area contributed by atoms with Crippen molar-refractivity contribution in [2.24, 2.45) is 5.73 Å². The van der Waals surface area contributed by atoms with Crippen LogP contribution in [-0.2, 0) is 6.54 Å². The third kappa shape index (κ3) is 4.28. The van der Waals surface area contributed by atoms with Crippen molar-refractivity contribution in [3.05, 3.63) is 34.3 Å². The molecule has 1 aromatic carbocycles. The van der Waals surface area contributed by atoms with E-state index >= 15 is 0 Å².